The average molecular weight is 313 g/mol. The number of anilines is 3. The van der Waals surface area contributed by atoms with Crippen molar-refractivity contribution in [3.63, 3.8) is 0 Å². The van der Waals surface area contributed by atoms with Gasteiger partial charge in [-0.05, 0) is 36.8 Å². The maximum absolute atomic E-state index is 6.01. The number of nitrogens with zero attached hydrogens (tertiary/aromatic N) is 2. The standard InChI is InChI=1S/C17H17ClN4/c1-2-10-19-16-14-8-3-4-9-15(14)21-17(22-16)20-13-7-5-6-12(18)11-13/h3-9,11H,2,10H2,1H3,(H2,19,20,21,22). The smallest absolute Gasteiger partial charge is 0.229 e. The Balaban J connectivity index is 1.98. The topological polar surface area (TPSA) is 49.8 Å². The first-order valence-corrected chi connectivity index (χ1v) is 7.67. The highest BCUT2D eigenvalue weighted by Gasteiger charge is 2.07. The molecule has 1 aromatic heterocycles. The third kappa shape index (κ3) is 3.28. The van der Waals surface area contributed by atoms with E-state index in [4.69, 9.17) is 11.6 Å². The van der Waals surface area contributed by atoms with Crippen LogP contribution in [-0.2, 0) is 0 Å². The number of nitrogens with one attached hydrogen (secondary N) is 2. The van der Waals surface area contributed by atoms with E-state index in [9.17, 15) is 0 Å². The van der Waals surface area contributed by atoms with Gasteiger partial charge >= 0.3 is 0 Å². The summed E-state index contributed by atoms with van der Waals surface area (Å²) >= 11 is 6.01. The van der Waals surface area contributed by atoms with E-state index in [1.807, 2.05) is 48.5 Å². The normalized spacial score (nSPS) is 10.6. The predicted octanol–water partition coefficient (Wildman–Crippen LogP) is 4.85. The number of rotatable bonds is 5. The fraction of sp³-hybridized carbons (Fsp3) is 0.176. The molecule has 0 saturated carbocycles. The van der Waals surface area contributed by atoms with Crippen molar-refractivity contribution in [3.8, 4) is 0 Å². The van der Waals surface area contributed by atoms with Crippen LogP contribution >= 0.6 is 11.6 Å². The van der Waals surface area contributed by atoms with Gasteiger partial charge in [-0.3, -0.25) is 0 Å². The molecule has 2 aromatic carbocycles. The number of hydrogen-bond acceptors (Lipinski definition) is 4. The molecule has 0 saturated heterocycles. The lowest BCUT2D eigenvalue weighted by Crippen LogP contribution is -2.06. The molecular weight excluding hydrogens is 296 g/mol. The lowest BCUT2D eigenvalue weighted by Gasteiger charge is -2.11. The van der Waals surface area contributed by atoms with Crippen LogP contribution in [0.4, 0.5) is 17.5 Å². The van der Waals surface area contributed by atoms with E-state index in [0.29, 0.717) is 11.0 Å². The molecule has 0 bridgehead atoms. The second-order valence-electron chi connectivity index (χ2n) is 4.98. The summed E-state index contributed by atoms with van der Waals surface area (Å²) in [5, 5.41) is 8.26. The summed E-state index contributed by atoms with van der Waals surface area (Å²) in [5.74, 6) is 1.40. The van der Waals surface area contributed by atoms with Gasteiger partial charge in [0.2, 0.25) is 5.95 Å². The van der Waals surface area contributed by atoms with Crippen molar-refractivity contribution < 1.29 is 0 Å². The van der Waals surface area contributed by atoms with Crippen molar-refractivity contribution in [3.05, 3.63) is 53.6 Å². The van der Waals surface area contributed by atoms with Crippen LogP contribution in [-0.4, -0.2) is 16.5 Å². The molecule has 22 heavy (non-hydrogen) atoms. The second kappa shape index (κ2) is 6.62. The van der Waals surface area contributed by atoms with E-state index < -0.39 is 0 Å². The summed E-state index contributed by atoms with van der Waals surface area (Å²) in [5.41, 5.74) is 1.77. The molecule has 0 aliphatic carbocycles. The summed E-state index contributed by atoms with van der Waals surface area (Å²) in [6, 6.07) is 15.5. The third-order valence-corrected chi connectivity index (χ3v) is 3.46. The summed E-state index contributed by atoms with van der Waals surface area (Å²) in [6.07, 6.45) is 1.04. The van der Waals surface area contributed by atoms with Gasteiger partial charge in [0.05, 0.1) is 5.52 Å². The minimum absolute atomic E-state index is 0.555. The van der Waals surface area contributed by atoms with Crippen LogP contribution in [0.2, 0.25) is 5.02 Å². The molecule has 0 fully saturated rings. The largest absolute Gasteiger partial charge is 0.369 e. The molecule has 3 rings (SSSR count). The van der Waals surface area contributed by atoms with Crippen LogP contribution in [0.1, 0.15) is 13.3 Å². The summed E-state index contributed by atoms with van der Waals surface area (Å²) < 4.78 is 0. The Morgan fingerprint density at radius 2 is 1.91 bits per heavy atom. The Labute approximate surface area is 134 Å². The van der Waals surface area contributed by atoms with E-state index in [1.54, 1.807) is 0 Å². The minimum Gasteiger partial charge on any atom is -0.369 e. The van der Waals surface area contributed by atoms with Gasteiger partial charge in [0.25, 0.3) is 0 Å². The van der Waals surface area contributed by atoms with Crippen molar-refractivity contribution in [1.82, 2.24) is 9.97 Å². The average Bonchev–Trinajstić information content (AvgIpc) is 2.52. The predicted molar refractivity (Wildman–Crippen MR) is 93.1 cm³/mol. The van der Waals surface area contributed by atoms with Gasteiger partial charge in [-0.1, -0.05) is 36.7 Å². The maximum Gasteiger partial charge on any atom is 0.229 e. The van der Waals surface area contributed by atoms with E-state index in [1.165, 1.54) is 0 Å². The van der Waals surface area contributed by atoms with Crippen LogP contribution in [0.5, 0.6) is 0 Å². The molecule has 0 atom stereocenters. The van der Waals surface area contributed by atoms with E-state index >= 15 is 0 Å². The van der Waals surface area contributed by atoms with Crippen LogP contribution < -0.4 is 10.6 Å². The molecule has 1 heterocycles. The molecule has 0 aliphatic heterocycles. The highest BCUT2D eigenvalue weighted by Crippen LogP contribution is 2.24. The quantitative estimate of drug-likeness (QED) is 0.707. The molecule has 0 radical (unpaired) electrons. The fourth-order valence-corrected chi connectivity index (χ4v) is 2.40. The molecule has 4 nitrogen and oxygen atoms in total. The molecule has 0 spiro atoms. The second-order valence-corrected chi connectivity index (χ2v) is 5.41. The Bertz CT molecular complexity index is 788. The highest BCUT2D eigenvalue weighted by atomic mass is 35.5. The molecule has 0 aliphatic rings. The first kappa shape index (κ1) is 14.6. The first-order valence-electron chi connectivity index (χ1n) is 7.29. The Hall–Kier alpha value is -2.33. The van der Waals surface area contributed by atoms with Gasteiger partial charge in [-0.15, -0.1) is 0 Å². The van der Waals surface area contributed by atoms with Gasteiger partial charge < -0.3 is 10.6 Å². The maximum atomic E-state index is 6.01. The Morgan fingerprint density at radius 1 is 1.05 bits per heavy atom. The zero-order valence-electron chi connectivity index (χ0n) is 12.3. The number of hydrogen-bond donors (Lipinski definition) is 2. The van der Waals surface area contributed by atoms with E-state index in [2.05, 4.69) is 27.5 Å². The van der Waals surface area contributed by atoms with Crippen molar-refractivity contribution >= 4 is 40.0 Å². The van der Waals surface area contributed by atoms with E-state index in [0.717, 1.165) is 35.4 Å². The Kier molecular flexibility index (Phi) is 4.39. The van der Waals surface area contributed by atoms with Gasteiger partial charge in [-0.25, -0.2) is 4.98 Å². The number of aromatic nitrogens is 2. The monoisotopic (exact) mass is 312 g/mol. The van der Waals surface area contributed by atoms with Crippen LogP contribution in [0.15, 0.2) is 48.5 Å². The number of fused-ring (bicyclic) bond motifs is 1. The molecular formula is C17H17ClN4. The van der Waals surface area contributed by atoms with Gasteiger partial charge in [0, 0.05) is 22.6 Å². The third-order valence-electron chi connectivity index (χ3n) is 3.23. The van der Waals surface area contributed by atoms with Crippen LogP contribution in [0.3, 0.4) is 0 Å². The lowest BCUT2D eigenvalue weighted by molar-refractivity contribution is 0.970. The molecule has 5 heteroatoms. The lowest BCUT2D eigenvalue weighted by atomic mass is 10.2. The Morgan fingerprint density at radius 3 is 2.73 bits per heavy atom. The molecule has 0 amide bonds. The van der Waals surface area contributed by atoms with Gasteiger partial charge in [0.15, 0.2) is 0 Å². The fourth-order valence-electron chi connectivity index (χ4n) is 2.21. The zero-order valence-corrected chi connectivity index (χ0v) is 13.1. The molecule has 112 valence electrons. The minimum atomic E-state index is 0.555. The van der Waals surface area contributed by atoms with Crippen molar-refractivity contribution in [1.29, 1.82) is 0 Å². The van der Waals surface area contributed by atoms with Crippen molar-refractivity contribution in [2.24, 2.45) is 0 Å². The SMILES string of the molecule is CCCNc1nc(Nc2cccc(Cl)c2)nc2ccccc12. The zero-order chi connectivity index (χ0) is 15.4. The number of halogens is 1. The molecule has 2 N–H and O–H groups in total. The number of para-hydroxylation sites is 1. The summed E-state index contributed by atoms with van der Waals surface area (Å²) in [4.78, 5) is 9.15. The first-order chi connectivity index (χ1) is 10.8. The van der Waals surface area contributed by atoms with Crippen LogP contribution in [0, 0.1) is 0 Å². The van der Waals surface area contributed by atoms with Gasteiger partial charge in [0.1, 0.15) is 5.82 Å². The van der Waals surface area contributed by atoms with Crippen LogP contribution in [0.25, 0.3) is 10.9 Å². The van der Waals surface area contributed by atoms with Gasteiger partial charge in [-0.2, -0.15) is 4.98 Å². The molecule has 0 unspecified atom stereocenters. The van der Waals surface area contributed by atoms with E-state index in [-0.39, 0.29) is 0 Å². The summed E-state index contributed by atoms with van der Waals surface area (Å²) in [7, 11) is 0. The highest BCUT2D eigenvalue weighted by molar-refractivity contribution is 6.30. The van der Waals surface area contributed by atoms with Crippen molar-refractivity contribution in [2.45, 2.75) is 13.3 Å². The summed E-state index contributed by atoms with van der Waals surface area (Å²) in [6.45, 7) is 3.00. The molecule has 3 aromatic rings. The number of benzene rings is 2. The van der Waals surface area contributed by atoms with Crippen molar-refractivity contribution in [2.75, 3.05) is 17.2 Å².